The van der Waals surface area contributed by atoms with E-state index in [1.54, 1.807) is 69.3 Å². The zero-order valence-corrected chi connectivity index (χ0v) is 27.9. The number of alkyl carbamates (subject to hydrolysis) is 1. The first kappa shape index (κ1) is 36.0. The maximum absolute atomic E-state index is 14.3. The van der Waals surface area contributed by atoms with Crippen LogP contribution >= 0.6 is 0 Å². The highest BCUT2D eigenvalue weighted by Crippen LogP contribution is 2.34. The molecule has 0 saturated heterocycles. The van der Waals surface area contributed by atoms with E-state index in [1.807, 2.05) is 0 Å². The van der Waals surface area contributed by atoms with Crippen molar-refractivity contribution in [2.75, 3.05) is 11.4 Å². The van der Waals surface area contributed by atoms with Gasteiger partial charge in [-0.3, -0.25) is 19.5 Å². The lowest BCUT2D eigenvalue weighted by atomic mass is 9.81. The fraction of sp³-hybridized carbons (Fsp3) is 0.400. The normalized spacial score (nSPS) is 17.1. The average Bonchev–Trinajstić information content (AvgIpc) is 3.62. The molecule has 0 unspecified atom stereocenters. The van der Waals surface area contributed by atoms with Gasteiger partial charge in [-0.1, -0.05) is 30.3 Å². The van der Waals surface area contributed by atoms with Crippen molar-refractivity contribution in [2.45, 2.75) is 70.7 Å². The number of ether oxygens (including phenoxy) is 1. The van der Waals surface area contributed by atoms with Crippen molar-refractivity contribution in [1.82, 2.24) is 30.9 Å². The van der Waals surface area contributed by atoms with Crippen molar-refractivity contribution >= 4 is 23.6 Å². The standard InChI is InChI=1S/C35H39F3N8O4/c1-34(2,3)50-33(49)41-19-22-6-10-25(11-7-22)32(48)46(27-15-12-24(13-16-27)31-42-44-45-43-31)28(30(39)47)18-21-4-8-23(9-5-21)26-14-17-29(40-20-26)35(36,37)38/h4-5,8-9,12-17,20,22,25,28H,6-7,10-11,18-19H2,1-3H3,(H2,39,47)(H,41,49)(H,42,43,44,45)/t22?,25?,28-/m0/s1. The Kier molecular flexibility index (Phi) is 10.8. The van der Waals surface area contributed by atoms with Gasteiger partial charge in [-0.25, -0.2) is 4.79 Å². The van der Waals surface area contributed by atoms with Gasteiger partial charge in [-0.2, -0.15) is 18.4 Å². The Bertz CT molecular complexity index is 1750. The highest BCUT2D eigenvalue weighted by atomic mass is 19.4. The number of aromatic nitrogens is 5. The maximum Gasteiger partial charge on any atom is 0.433 e. The number of pyridine rings is 1. The van der Waals surface area contributed by atoms with Crippen molar-refractivity contribution in [3.05, 3.63) is 78.1 Å². The molecule has 4 aromatic rings. The second-order valence-electron chi connectivity index (χ2n) is 13.3. The number of tetrazole rings is 1. The number of aromatic amines is 1. The molecule has 1 atom stereocenters. The molecule has 1 fully saturated rings. The van der Waals surface area contributed by atoms with Crippen molar-refractivity contribution < 1.29 is 32.3 Å². The van der Waals surface area contributed by atoms with E-state index in [1.165, 1.54) is 11.0 Å². The molecule has 0 aliphatic heterocycles. The van der Waals surface area contributed by atoms with Crippen LogP contribution in [0.4, 0.5) is 23.7 Å². The topological polar surface area (TPSA) is 169 Å². The first-order valence-corrected chi connectivity index (χ1v) is 16.2. The third-order valence-corrected chi connectivity index (χ3v) is 8.53. The van der Waals surface area contributed by atoms with Crippen molar-refractivity contribution in [1.29, 1.82) is 0 Å². The molecule has 3 amide bonds. The van der Waals surface area contributed by atoms with Crippen molar-refractivity contribution in [3.8, 4) is 22.5 Å². The molecular weight excluding hydrogens is 653 g/mol. The highest BCUT2D eigenvalue weighted by Gasteiger charge is 2.36. The molecule has 264 valence electrons. The second kappa shape index (κ2) is 15.0. The maximum atomic E-state index is 14.3. The number of primary amides is 1. The van der Waals surface area contributed by atoms with Gasteiger partial charge in [0.15, 0.2) is 0 Å². The molecule has 15 heteroatoms. The number of alkyl halides is 3. The third kappa shape index (κ3) is 9.21. The summed E-state index contributed by atoms with van der Waals surface area (Å²) in [6.45, 7) is 5.82. The number of hydrogen-bond acceptors (Lipinski definition) is 8. The lowest BCUT2D eigenvalue weighted by Crippen LogP contribution is -2.52. The number of nitrogens with zero attached hydrogens (tertiary/aromatic N) is 5. The zero-order chi connectivity index (χ0) is 36.1. The van der Waals surface area contributed by atoms with Crippen LogP contribution in [-0.2, 0) is 26.9 Å². The van der Waals surface area contributed by atoms with Gasteiger partial charge >= 0.3 is 12.3 Å². The van der Waals surface area contributed by atoms with Gasteiger partial charge in [0.1, 0.15) is 17.3 Å². The Hall–Kier alpha value is -5.34. The summed E-state index contributed by atoms with van der Waals surface area (Å²) < 4.78 is 44.3. The van der Waals surface area contributed by atoms with Crippen LogP contribution in [0.2, 0.25) is 0 Å². The number of carbonyl (C=O) groups excluding carboxylic acids is 3. The van der Waals surface area contributed by atoms with Crippen LogP contribution in [0, 0.1) is 11.8 Å². The second-order valence-corrected chi connectivity index (χ2v) is 13.3. The van der Waals surface area contributed by atoms with Gasteiger partial charge < -0.3 is 15.8 Å². The number of H-pyrrole nitrogens is 1. The minimum Gasteiger partial charge on any atom is -0.444 e. The van der Waals surface area contributed by atoms with E-state index in [2.05, 4.69) is 30.9 Å². The molecule has 0 radical (unpaired) electrons. The van der Waals surface area contributed by atoms with E-state index in [0.717, 1.165) is 12.3 Å². The quantitative estimate of drug-likeness (QED) is 0.190. The predicted molar refractivity (Wildman–Crippen MR) is 178 cm³/mol. The van der Waals surface area contributed by atoms with Crippen LogP contribution in [0.5, 0.6) is 0 Å². The SMILES string of the molecule is CC(C)(C)OC(=O)NCC1CCC(C(=O)N(c2ccc(-c3nn[nH]n3)cc2)[C@@H](Cc2ccc(-c3ccc(C(F)(F)F)nc3)cc2)C(N)=O)CC1. The first-order chi connectivity index (χ1) is 23.7. The number of rotatable bonds is 10. The van der Waals surface area contributed by atoms with Crippen LogP contribution in [0.25, 0.3) is 22.5 Å². The Morgan fingerprint density at radius 2 is 1.58 bits per heavy atom. The molecule has 12 nitrogen and oxygen atoms in total. The number of hydrogen-bond donors (Lipinski definition) is 3. The summed E-state index contributed by atoms with van der Waals surface area (Å²) in [4.78, 5) is 44.6. The molecule has 1 aliphatic rings. The van der Waals surface area contributed by atoms with E-state index >= 15 is 0 Å². The summed E-state index contributed by atoms with van der Waals surface area (Å²) >= 11 is 0. The smallest absolute Gasteiger partial charge is 0.433 e. The summed E-state index contributed by atoms with van der Waals surface area (Å²) in [7, 11) is 0. The van der Waals surface area contributed by atoms with Gasteiger partial charge in [0, 0.05) is 41.9 Å². The summed E-state index contributed by atoms with van der Waals surface area (Å²) in [5.74, 6) is -0.804. The number of amides is 3. The number of halogens is 3. The molecule has 2 aromatic heterocycles. The van der Waals surface area contributed by atoms with Crippen LogP contribution in [-0.4, -0.2) is 61.7 Å². The van der Waals surface area contributed by atoms with Crippen LogP contribution < -0.4 is 16.0 Å². The number of benzene rings is 2. The lowest BCUT2D eigenvalue weighted by Gasteiger charge is -2.36. The Morgan fingerprint density at radius 1 is 0.940 bits per heavy atom. The van der Waals surface area contributed by atoms with Gasteiger partial charge in [0.25, 0.3) is 0 Å². The third-order valence-electron chi connectivity index (χ3n) is 8.53. The zero-order valence-electron chi connectivity index (χ0n) is 27.9. The first-order valence-electron chi connectivity index (χ1n) is 16.2. The number of nitrogens with one attached hydrogen (secondary N) is 2. The molecule has 50 heavy (non-hydrogen) atoms. The minimum atomic E-state index is -4.54. The molecule has 2 heterocycles. The van der Waals surface area contributed by atoms with Gasteiger partial charge in [0.05, 0.1) is 0 Å². The largest absolute Gasteiger partial charge is 0.444 e. The Morgan fingerprint density at radius 3 is 2.12 bits per heavy atom. The van der Waals surface area contributed by atoms with E-state index in [-0.39, 0.29) is 24.2 Å². The van der Waals surface area contributed by atoms with E-state index in [9.17, 15) is 27.6 Å². The van der Waals surface area contributed by atoms with Crippen molar-refractivity contribution in [2.24, 2.45) is 17.6 Å². The molecule has 0 spiro atoms. The van der Waals surface area contributed by atoms with Gasteiger partial charge in [-0.05, 0) is 99.0 Å². The lowest BCUT2D eigenvalue weighted by molar-refractivity contribution is -0.141. The molecule has 1 aliphatic carbocycles. The minimum absolute atomic E-state index is 0.0916. The fourth-order valence-corrected chi connectivity index (χ4v) is 5.98. The molecule has 0 bridgehead atoms. The van der Waals surface area contributed by atoms with E-state index in [4.69, 9.17) is 10.5 Å². The highest BCUT2D eigenvalue weighted by molar-refractivity contribution is 6.01. The monoisotopic (exact) mass is 692 g/mol. The van der Waals surface area contributed by atoms with Gasteiger partial charge in [-0.15, -0.1) is 10.2 Å². The van der Waals surface area contributed by atoms with Crippen LogP contribution in [0.3, 0.4) is 0 Å². The summed E-state index contributed by atoms with van der Waals surface area (Å²) in [5.41, 5.74) is 7.32. The van der Waals surface area contributed by atoms with Crippen LogP contribution in [0.15, 0.2) is 66.9 Å². The van der Waals surface area contributed by atoms with E-state index in [0.29, 0.717) is 66.0 Å². The molecule has 2 aromatic carbocycles. The Labute approximate surface area is 287 Å². The summed E-state index contributed by atoms with van der Waals surface area (Å²) in [6, 6.07) is 15.0. The fourth-order valence-electron chi connectivity index (χ4n) is 5.98. The molecular formula is C35H39F3N8O4. The molecule has 4 N–H and O–H groups in total. The van der Waals surface area contributed by atoms with E-state index < -0.39 is 35.5 Å². The van der Waals surface area contributed by atoms with Crippen LogP contribution in [0.1, 0.15) is 57.7 Å². The van der Waals surface area contributed by atoms with Gasteiger partial charge in [0.2, 0.25) is 17.6 Å². The number of carbonyl (C=O) groups is 3. The summed E-state index contributed by atoms with van der Waals surface area (Å²) in [5, 5.41) is 16.8. The molecule has 5 rings (SSSR count). The van der Waals surface area contributed by atoms with Crippen molar-refractivity contribution in [3.63, 3.8) is 0 Å². The average molecular weight is 693 g/mol. The number of nitrogens with two attached hydrogens (primary N) is 1. The molecule has 1 saturated carbocycles. The predicted octanol–water partition coefficient (Wildman–Crippen LogP) is 5.71. The Balaban J connectivity index is 1.34. The number of anilines is 1. The summed E-state index contributed by atoms with van der Waals surface area (Å²) in [6.07, 6.45) is -1.28.